The molecular formula is C18H21N3O3S. The van der Waals surface area contributed by atoms with Crippen molar-refractivity contribution in [3.63, 3.8) is 0 Å². The lowest BCUT2D eigenvalue weighted by Gasteiger charge is -2.20. The molecule has 0 spiro atoms. The Kier molecular flexibility index (Phi) is 5.35. The normalized spacial score (nSPS) is 15.4. The fourth-order valence-corrected chi connectivity index (χ4v) is 3.83. The average Bonchev–Trinajstić information content (AvgIpc) is 2.91. The van der Waals surface area contributed by atoms with Crippen LogP contribution in [0.1, 0.15) is 16.8 Å². The van der Waals surface area contributed by atoms with E-state index < -0.39 is 10.0 Å². The van der Waals surface area contributed by atoms with Crippen LogP contribution in [0.25, 0.3) is 0 Å². The minimum Gasteiger partial charge on any atom is -0.337 e. The molecule has 1 aliphatic heterocycles. The Balaban J connectivity index is 1.78. The van der Waals surface area contributed by atoms with Crippen molar-refractivity contribution in [2.24, 2.45) is 0 Å². The van der Waals surface area contributed by atoms with Gasteiger partial charge < -0.3 is 10.2 Å². The molecule has 0 aliphatic carbocycles. The second kappa shape index (κ2) is 7.67. The number of sulfonamides is 1. The zero-order valence-electron chi connectivity index (χ0n) is 13.8. The molecule has 0 atom stereocenters. The van der Waals surface area contributed by atoms with Crippen LogP contribution in [0.15, 0.2) is 59.5 Å². The van der Waals surface area contributed by atoms with Gasteiger partial charge in [-0.2, -0.15) is 0 Å². The first kappa shape index (κ1) is 17.4. The number of nitrogens with zero attached hydrogens (tertiary/aromatic N) is 1. The van der Waals surface area contributed by atoms with Gasteiger partial charge in [0, 0.05) is 30.9 Å². The van der Waals surface area contributed by atoms with E-state index in [1.165, 1.54) is 12.1 Å². The maximum absolute atomic E-state index is 12.7. The number of anilines is 1. The highest BCUT2D eigenvalue weighted by Gasteiger charge is 2.18. The van der Waals surface area contributed by atoms with E-state index in [1.54, 1.807) is 47.4 Å². The molecule has 0 unspecified atom stereocenters. The van der Waals surface area contributed by atoms with Gasteiger partial charge in [-0.15, -0.1) is 0 Å². The maximum Gasteiger partial charge on any atom is 0.261 e. The van der Waals surface area contributed by atoms with E-state index in [9.17, 15) is 13.2 Å². The molecule has 1 fully saturated rings. The highest BCUT2D eigenvalue weighted by atomic mass is 32.2. The van der Waals surface area contributed by atoms with Crippen molar-refractivity contribution in [1.82, 2.24) is 10.2 Å². The Hall–Kier alpha value is -2.38. The number of carbonyl (C=O) groups is 1. The van der Waals surface area contributed by atoms with E-state index in [2.05, 4.69) is 10.0 Å². The van der Waals surface area contributed by atoms with E-state index in [0.717, 1.165) is 19.5 Å². The minimum absolute atomic E-state index is 0.0792. The standard InChI is InChI=1S/C18H21N3O3S/c22-18(21-12-5-10-19-11-13-21)15-6-4-7-16(14-15)20-25(23,24)17-8-2-1-3-9-17/h1-4,6-9,14,19-20H,5,10-13H2. The zero-order valence-corrected chi connectivity index (χ0v) is 14.6. The Labute approximate surface area is 147 Å². The molecule has 7 heteroatoms. The van der Waals surface area contributed by atoms with Gasteiger partial charge in [0.25, 0.3) is 15.9 Å². The van der Waals surface area contributed by atoms with Crippen molar-refractivity contribution >= 4 is 21.6 Å². The van der Waals surface area contributed by atoms with Gasteiger partial charge in [-0.1, -0.05) is 24.3 Å². The van der Waals surface area contributed by atoms with Gasteiger partial charge >= 0.3 is 0 Å². The highest BCUT2D eigenvalue weighted by Crippen LogP contribution is 2.18. The molecule has 2 N–H and O–H groups in total. The van der Waals surface area contributed by atoms with Crippen molar-refractivity contribution in [3.8, 4) is 0 Å². The van der Waals surface area contributed by atoms with E-state index in [4.69, 9.17) is 0 Å². The van der Waals surface area contributed by atoms with Gasteiger partial charge in [-0.3, -0.25) is 9.52 Å². The predicted octanol–water partition coefficient (Wildman–Crippen LogP) is 1.92. The van der Waals surface area contributed by atoms with Crippen LogP contribution in [-0.2, 0) is 10.0 Å². The third-order valence-corrected chi connectivity index (χ3v) is 5.44. The second-order valence-electron chi connectivity index (χ2n) is 5.90. The molecule has 2 aromatic carbocycles. The van der Waals surface area contributed by atoms with E-state index in [1.807, 2.05) is 0 Å². The molecule has 0 bridgehead atoms. The number of nitrogens with one attached hydrogen (secondary N) is 2. The zero-order chi connectivity index (χ0) is 17.7. The summed E-state index contributed by atoms with van der Waals surface area (Å²) in [4.78, 5) is 14.6. The summed E-state index contributed by atoms with van der Waals surface area (Å²) < 4.78 is 27.4. The molecule has 6 nitrogen and oxygen atoms in total. The van der Waals surface area contributed by atoms with Crippen LogP contribution in [-0.4, -0.2) is 45.4 Å². The van der Waals surface area contributed by atoms with Crippen molar-refractivity contribution < 1.29 is 13.2 Å². The lowest BCUT2D eigenvalue weighted by molar-refractivity contribution is 0.0766. The number of hydrogen-bond acceptors (Lipinski definition) is 4. The Morgan fingerprint density at radius 1 is 1.00 bits per heavy atom. The van der Waals surface area contributed by atoms with Crippen LogP contribution in [0.3, 0.4) is 0 Å². The van der Waals surface area contributed by atoms with Gasteiger partial charge in [0.1, 0.15) is 0 Å². The molecule has 1 amide bonds. The fourth-order valence-electron chi connectivity index (χ4n) is 2.76. The maximum atomic E-state index is 12.7. The monoisotopic (exact) mass is 359 g/mol. The van der Waals surface area contributed by atoms with Crippen LogP contribution < -0.4 is 10.0 Å². The third-order valence-electron chi connectivity index (χ3n) is 4.04. The number of amides is 1. The van der Waals surface area contributed by atoms with Crippen LogP contribution >= 0.6 is 0 Å². The number of hydrogen-bond donors (Lipinski definition) is 2. The van der Waals surface area contributed by atoms with Crippen molar-refractivity contribution in [1.29, 1.82) is 0 Å². The average molecular weight is 359 g/mol. The van der Waals surface area contributed by atoms with Gasteiger partial charge in [0.05, 0.1) is 4.90 Å². The molecule has 1 saturated heterocycles. The SMILES string of the molecule is O=C(c1cccc(NS(=O)(=O)c2ccccc2)c1)N1CCCNCC1. The first-order chi connectivity index (χ1) is 12.1. The minimum atomic E-state index is -3.67. The topological polar surface area (TPSA) is 78.5 Å². The summed E-state index contributed by atoms with van der Waals surface area (Å²) in [6.45, 7) is 3.03. The number of carbonyl (C=O) groups excluding carboxylic acids is 1. The fraction of sp³-hybridized carbons (Fsp3) is 0.278. The van der Waals surface area contributed by atoms with Crippen molar-refractivity contribution in [2.45, 2.75) is 11.3 Å². The summed E-state index contributed by atoms with van der Waals surface area (Å²) in [5.74, 6) is -0.0792. The Morgan fingerprint density at radius 3 is 2.60 bits per heavy atom. The summed E-state index contributed by atoms with van der Waals surface area (Å²) in [7, 11) is -3.67. The molecular weight excluding hydrogens is 338 g/mol. The molecule has 1 heterocycles. The van der Waals surface area contributed by atoms with E-state index >= 15 is 0 Å². The molecule has 0 aromatic heterocycles. The lowest BCUT2D eigenvalue weighted by atomic mass is 10.1. The summed E-state index contributed by atoms with van der Waals surface area (Å²) in [6, 6.07) is 14.8. The van der Waals surface area contributed by atoms with Gasteiger partial charge in [-0.25, -0.2) is 8.42 Å². The van der Waals surface area contributed by atoms with Crippen LogP contribution in [0, 0.1) is 0 Å². The van der Waals surface area contributed by atoms with Crippen molar-refractivity contribution in [2.75, 3.05) is 30.9 Å². The predicted molar refractivity (Wildman–Crippen MR) is 97.1 cm³/mol. The van der Waals surface area contributed by atoms with Crippen LogP contribution in [0.5, 0.6) is 0 Å². The van der Waals surface area contributed by atoms with Crippen LogP contribution in [0.4, 0.5) is 5.69 Å². The summed E-state index contributed by atoms with van der Waals surface area (Å²) in [5.41, 5.74) is 0.859. The Morgan fingerprint density at radius 2 is 1.80 bits per heavy atom. The third kappa shape index (κ3) is 4.37. The summed E-state index contributed by atoms with van der Waals surface area (Å²) in [5, 5.41) is 3.26. The first-order valence-electron chi connectivity index (χ1n) is 8.24. The molecule has 0 radical (unpaired) electrons. The second-order valence-corrected chi connectivity index (χ2v) is 7.58. The molecule has 0 saturated carbocycles. The molecule has 132 valence electrons. The molecule has 3 rings (SSSR count). The lowest BCUT2D eigenvalue weighted by Crippen LogP contribution is -2.34. The number of benzene rings is 2. The van der Waals surface area contributed by atoms with Crippen LogP contribution in [0.2, 0.25) is 0 Å². The van der Waals surface area contributed by atoms with Crippen molar-refractivity contribution in [3.05, 3.63) is 60.2 Å². The summed E-state index contributed by atoms with van der Waals surface area (Å²) in [6.07, 6.45) is 0.909. The largest absolute Gasteiger partial charge is 0.337 e. The summed E-state index contributed by atoms with van der Waals surface area (Å²) >= 11 is 0. The first-order valence-corrected chi connectivity index (χ1v) is 9.72. The van der Waals surface area contributed by atoms with Gasteiger partial charge in [0.15, 0.2) is 0 Å². The molecule has 1 aliphatic rings. The van der Waals surface area contributed by atoms with Gasteiger partial charge in [0.2, 0.25) is 0 Å². The molecule has 2 aromatic rings. The number of rotatable bonds is 4. The highest BCUT2D eigenvalue weighted by molar-refractivity contribution is 7.92. The Bertz CT molecular complexity index is 830. The molecule has 25 heavy (non-hydrogen) atoms. The van der Waals surface area contributed by atoms with E-state index in [0.29, 0.717) is 24.3 Å². The van der Waals surface area contributed by atoms with Gasteiger partial charge in [-0.05, 0) is 43.3 Å². The smallest absolute Gasteiger partial charge is 0.261 e. The van der Waals surface area contributed by atoms with E-state index in [-0.39, 0.29) is 10.8 Å². The quantitative estimate of drug-likeness (QED) is 0.874.